The van der Waals surface area contributed by atoms with Crippen LogP contribution in [-0.4, -0.2) is 0 Å². The highest BCUT2D eigenvalue weighted by Gasteiger charge is 2.31. The summed E-state index contributed by atoms with van der Waals surface area (Å²) in [6, 6.07) is 2.38. The Morgan fingerprint density at radius 1 is 1.21 bits per heavy atom. The first kappa shape index (κ1) is 9.05. The van der Waals surface area contributed by atoms with Crippen LogP contribution in [0.3, 0.4) is 0 Å². The van der Waals surface area contributed by atoms with Crippen molar-refractivity contribution in [1.82, 2.24) is 0 Å². The zero-order valence-electron chi connectivity index (χ0n) is 6.65. The molecule has 0 atom stereocenters. The fourth-order valence-electron chi connectivity index (χ4n) is 1.15. The van der Waals surface area contributed by atoms with Crippen LogP contribution in [0.1, 0.15) is 5.56 Å². The maximum absolute atomic E-state index is 13.0. The van der Waals surface area contributed by atoms with Crippen LogP contribution in [0, 0.1) is 12.1 Å². The van der Waals surface area contributed by atoms with Crippen LogP contribution in [0.25, 0.3) is 11.0 Å². The largest absolute Gasteiger partial charge is 0.450 e. The molecule has 1 radical (unpaired) electrons. The summed E-state index contributed by atoms with van der Waals surface area (Å²) < 4.78 is 54.1. The Labute approximate surface area is 75.9 Å². The van der Waals surface area contributed by atoms with Gasteiger partial charge in [-0.2, -0.15) is 13.2 Å². The topological polar surface area (TPSA) is 13.1 Å². The summed E-state index contributed by atoms with van der Waals surface area (Å²) in [6.07, 6.45) is -2.37. The van der Waals surface area contributed by atoms with Crippen molar-refractivity contribution in [3.63, 3.8) is 0 Å². The maximum atomic E-state index is 13.0. The second-order valence-electron chi connectivity index (χ2n) is 2.74. The van der Waals surface area contributed by atoms with Crippen molar-refractivity contribution in [3.05, 3.63) is 35.8 Å². The molecule has 1 heterocycles. The fraction of sp³-hybridized carbons (Fsp3) is 0.111. The molecule has 14 heavy (non-hydrogen) atoms. The molecule has 2 aromatic rings. The van der Waals surface area contributed by atoms with Crippen LogP contribution in [-0.2, 0) is 6.18 Å². The lowest BCUT2D eigenvalue weighted by molar-refractivity contribution is -0.137. The molecule has 0 amide bonds. The molecule has 0 saturated heterocycles. The van der Waals surface area contributed by atoms with Crippen LogP contribution in [0.5, 0.6) is 0 Å². The zero-order valence-corrected chi connectivity index (χ0v) is 6.65. The Morgan fingerprint density at radius 2 is 1.93 bits per heavy atom. The third kappa shape index (κ3) is 1.34. The molecule has 0 aliphatic heterocycles. The maximum Gasteiger partial charge on any atom is 0.416 e. The molecule has 0 N–H and O–H groups in total. The van der Waals surface area contributed by atoms with Crippen molar-refractivity contribution in [1.29, 1.82) is 0 Å². The number of benzene rings is 1. The molecule has 0 aliphatic rings. The Kier molecular flexibility index (Phi) is 1.77. The summed E-state index contributed by atoms with van der Waals surface area (Å²) in [5.41, 5.74) is -1.24. The summed E-state index contributed by atoms with van der Waals surface area (Å²) in [4.78, 5) is 0. The van der Waals surface area contributed by atoms with E-state index >= 15 is 0 Å². The molecule has 1 aromatic carbocycles. The minimum absolute atomic E-state index is 0.0531. The Bertz CT molecular complexity index is 469. The molecule has 1 nitrogen and oxygen atoms in total. The van der Waals surface area contributed by atoms with E-state index in [4.69, 9.17) is 0 Å². The number of hydrogen-bond donors (Lipinski definition) is 0. The third-order valence-corrected chi connectivity index (χ3v) is 1.78. The molecule has 73 valence electrons. The van der Waals surface area contributed by atoms with E-state index in [1.165, 1.54) is 0 Å². The minimum atomic E-state index is -4.55. The number of fused-ring (bicyclic) bond motifs is 1. The molecule has 0 unspecified atom stereocenters. The van der Waals surface area contributed by atoms with Gasteiger partial charge in [-0.3, -0.25) is 0 Å². The summed E-state index contributed by atoms with van der Waals surface area (Å²) in [7, 11) is 0. The molecule has 1 aromatic heterocycles. The van der Waals surface area contributed by atoms with Gasteiger partial charge in [0, 0.05) is 5.39 Å². The fourth-order valence-corrected chi connectivity index (χ4v) is 1.15. The summed E-state index contributed by atoms with van der Waals surface area (Å²) >= 11 is 0. The van der Waals surface area contributed by atoms with Gasteiger partial charge in [0.25, 0.3) is 0 Å². The summed E-state index contributed by atoms with van der Waals surface area (Å²) in [5, 5.41) is 0.0531. The Morgan fingerprint density at radius 3 is 2.57 bits per heavy atom. The lowest BCUT2D eigenvalue weighted by Crippen LogP contribution is -2.04. The highest BCUT2D eigenvalue weighted by Crippen LogP contribution is 2.32. The van der Waals surface area contributed by atoms with Gasteiger partial charge in [0.15, 0.2) is 17.7 Å². The van der Waals surface area contributed by atoms with Gasteiger partial charge in [0.1, 0.15) is 0 Å². The molecule has 2 rings (SSSR count). The molecular formula is C9H3F4O. The first-order valence-corrected chi connectivity index (χ1v) is 3.65. The molecule has 0 aliphatic carbocycles. The van der Waals surface area contributed by atoms with Crippen molar-refractivity contribution in [2.75, 3.05) is 0 Å². The van der Waals surface area contributed by atoms with E-state index in [2.05, 4.69) is 10.7 Å². The standard InChI is InChI=1S/C9H3F4O/c10-7-4-6(9(11,12)13)3-5-1-2-14-8(5)7/h1,3-4H. The Balaban J connectivity index is 2.70. The van der Waals surface area contributed by atoms with E-state index in [9.17, 15) is 17.6 Å². The molecule has 0 spiro atoms. The van der Waals surface area contributed by atoms with Crippen LogP contribution in [0.2, 0.25) is 0 Å². The van der Waals surface area contributed by atoms with Gasteiger partial charge in [-0.25, -0.2) is 4.39 Å². The summed E-state index contributed by atoms with van der Waals surface area (Å²) in [6.45, 7) is 0. The Hall–Kier alpha value is -1.52. The van der Waals surface area contributed by atoms with Crippen LogP contribution in [0.15, 0.2) is 22.6 Å². The number of halogens is 4. The number of rotatable bonds is 0. The van der Waals surface area contributed by atoms with E-state index in [0.29, 0.717) is 6.07 Å². The van der Waals surface area contributed by atoms with Crippen LogP contribution < -0.4 is 0 Å². The van der Waals surface area contributed by atoms with Crippen molar-refractivity contribution >= 4 is 11.0 Å². The summed E-state index contributed by atoms with van der Waals surface area (Å²) in [5.74, 6) is -1.03. The van der Waals surface area contributed by atoms with Crippen LogP contribution in [0.4, 0.5) is 17.6 Å². The molecule has 0 fully saturated rings. The van der Waals surface area contributed by atoms with Gasteiger partial charge in [0.2, 0.25) is 0 Å². The SMILES string of the molecule is Fc1cc(C(F)(F)F)cc2c[c]oc12. The first-order chi connectivity index (χ1) is 6.48. The lowest BCUT2D eigenvalue weighted by Gasteiger charge is -2.05. The van der Waals surface area contributed by atoms with Gasteiger partial charge in [-0.1, -0.05) is 0 Å². The minimum Gasteiger partial charge on any atom is -0.450 e. The van der Waals surface area contributed by atoms with Crippen LogP contribution >= 0.6 is 0 Å². The van der Waals surface area contributed by atoms with Gasteiger partial charge < -0.3 is 4.42 Å². The second kappa shape index (κ2) is 2.73. The highest BCUT2D eigenvalue weighted by atomic mass is 19.4. The van der Waals surface area contributed by atoms with E-state index in [-0.39, 0.29) is 11.0 Å². The number of alkyl halides is 3. The number of furan rings is 1. The predicted molar refractivity (Wildman–Crippen MR) is 40.0 cm³/mol. The van der Waals surface area contributed by atoms with Gasteiger partial charge in [0.05, 0.1) is 5.56 Å². The van der Waals surface area contributed by atoms with Gasteiger partial charge in [-0.05, 0) is 18.2 Å². The van der Waals surface area contributed by atoms with Gasteiger partial charge in [-0.15, -0.1) is 0 Å². The quantitative estimate of drug-likeness (QED) is 0.598. The lowest BCUT2D eigenvalue weighted by atomic mass is 10.1. The average Bonchev–Trinajstić information content (AvgIpc) is 2.50. The van der Waals surface area contributed by atoms with E-state index in [1.54, 1.807) is 0 Å². The normalized spacial score (nSPS) is 12.3. The predicted octanol–water partition coefficient (Wildman–Crippen LogP) is 3.39. The van der Waals surface area contributed by atoms with E-state index in [1.807, 2.05) is 0 Å². The molecular weight excluding hydrogens is 200 g/mol. The monoisotopic (exact) mass is 203 g/mol. The smallest absolute Gasteiger partial charge is 0.416 e. The molecule has 5 heteroatoms. The van der Waals surface area contributed by atoms with Crippen molar-refractivity contribution in [2.45, 2.75) is 6.18 Å². The number of hydrogen-bond acceptors (Lipinski definition) is 1. The average molecular weight is 203 g/mol. The van der Waals surface area contributed by atoms with Crippen molar-refractivity contribution in [2.24, 2.45) is 0 Å². The van der Waals surface area contributed by atoms with E-state index in [0.717, 1.165) is 12.1 Å². The second-order valence-corrected chi connectivity index (χ2v) is 2.74. The van der Waals surface area contributed by atoms with Gasteiger partial charge >= 0.3 is 6.18 Å². The van der Waals surface area contributed by atoms with Crippen molar-refractivity contribution in [3.8, 4) is 0 Å². The van der Waals surface area contributed by atoms with E-state index < -0.39 is 17.6 Å². The van der Waals surface area contributed by atoms with Crippen molar-refractivity contribution < 1.29 is 22.0 Å². The zero-order chi connectivity index (χ0) is 10.3. The molecule has 0 saturated carbocycles. The third-order valence-electron chi connectivity index (χ3n) is 1.78. The highest BCUT2D eigenvalue weighted by molar-refractivity contribution is 5.78. The molecule has 0 bridgehead atoms. The first-order valence-electron chi connectivity index (χ1n) is 3.65.